The van der Waals surface area contributed by atoms with Gasteiger partial charge in [0.1, 0.15) is 0 Å². The van der Waals surface area contributed by atoms with Crippen molar-refractivity contribution in [2.75, 3.05) is 0 Å². The predicted molar refractivity (Wildman–Crippen MR) is 63.2 cm³/mol. The Morgan fingerprint density at radius 3 is 2.33 bits per heavy atom. The first-order valence-corrected chi connectivity index (χ1v) is 6.45. The summed E-state index contributed by atoms with van der Waals surface area (Å²) < 4.78 is 2.25. The zero-order valence-electron chi connectivity index (χ0n) is 6.77. The minimum absolute atomic E-state index is 0.0990. The zero-order valence-corrected chi connectivity index (χ0v) is 11.5. The van der Waals surface area contributed by atoms with E-state index < -0.39 is 0 Å². The molecule has 0 saturated heterocycles. The molecule has 0 radical (unpaired) electrons. The molecule has 0 bridgehead atoms. The second-order valence-corrected chi connectivity index (χ2v) is 7.14. The molecule has 0 spiro atoms. The highest BCUT2D eigenvalue weighted by molar-refractivity contribution is 9.12. The fourth-order valence-corrected chi connectivity index (χ4v) is 4.20. The minimum atomic E-state index is 0.0990. The maximum Gasteiger partial charge on any atom is 0.0757 e. The van der Waals surface area contributed by atoms with E-state index in [0.29, 0.717) is 5.92 Å². The smallest absolute Gasteiger partial charge is 0.0757 e. The summed E-state index contributed by atoms with van der Waals surface area (Å²) in [5, 5.41) is 0.0990. The van der Waals surface area contributed by atoms with Gasteiger partial charge < -0.3 is 0 Å². The van der Waals surface area contributed by atoms with Gasteiger partial charge in [-0.2, -0.15) is 0 Å². The summed E-state index contributed by atoms with van der Waals surface area (Å²) in [5.41, 5.74) is 1.18. The summed E-state index contributed by atoms with van der Waals surface area (Å²) in [6.07, 6.45) is 0. The van der Waals surface area contributed by atoms with Crippen LogP contribution >= 0.6 is 54.8 Å². The highest BCUT2D eigenvalue weighted by Crippen LogP contribution is 2.40. The summed E-state index contributed by atoms with van der Waals surface area (Å²) in [6.45, 7) is 4.24. The van der Waals surface area contributed by atoms with E-state index in [-0.39, 0.29) is 5.38 Å². The number of rotatable bonds is 2. The number of hydrogen-bond donors (Lipinski definition) is 0. The van der Waals surface area contributed by atoms with Gasteiger partial charge >= 0.3 is 0 Å². The number of alkyl halides is 1. The van der Waals surface area contributed by atoms with Gasteiger partial charge in [0.05, 0.1) is 12.9 Å². The first kappa shape index (κ1) is 11.0. The average molecular weight is 332 g/mol. The third-order valence-electron chi connectivity index (χ3n) is 1.57. The lowest BCUT2D eigenvalue weighted by Gasteiger charge is -2.11. The molecule has 1 rings (SSSR count). The van der Waals surface area contributed by atoms with Crippen molar-refractivity contribution in [2.24, 2.45) is 5.92 Å². The van der Waals surface area contributed by atoms with Crippen LogP contribution < -0.4 is 0 Å². The molecule has 1 atom stereocenters. The molecule has 1 aromatic rings. The van der Waals surface area contributed by atoms with E-state index in [1.54, 1.807) is 11.3 Å². The van der Waals surface area contributed by atoms with Crippen LogP contribution in [0, 0.1) is 5.92 Å². The van der Waals surface area contributed by atoms with Gasteiger partial charge in [0, 0.05) is 0 Å². The molecule has 0 saturated carbocycles. The fourth-order valence-electron chi connectivity index (χ4n) is 0.900. The first-order valence-electron chi connectivity index (χ1n) is 3.61. The molecule has 1 heterocycles. The molecule has 0 aromatic carbocycles. The van der Waals surface area contributed by atoms with Crippen LogP contribution in [0.3, 0.4) is 0 Å². The topological polar surface area (TPSA) is 0 Å². The Kier molecular flexibility index (Phi) is 4.09. The van der Waals surface area contributed by atoms with Gasteiger partial charge in [0.2, 0.25) is 0 Å². The first-order chi connectivity index (χ1) is 5.52. The van der Waals surface area contributed by atoms with Gasteiger partial charge in [-0.25, -0.2) is 0 Å². The molecule has 12 heavy (non-hydrogen) atoms. The monoisotopic (exact) mass is 330 g/mol. The second-order valence-electron chi connectivity index (χ2n) is 2.93. The lowest BCUT2D eigenvalue weighted by Crippen LogP contribution is -1.97. The highest BCUT2D eigenvalue weighted by atomic mass is 79.9. The Morgan fingerprint density at radius 1 is 1.42 bits per heavy atom. The molecular weight excluding hydrogens is 323 g/mol. The van der Waals surface area contributed by atoms with Crippen LogP contribution in [-0.2, 0) is 0 Å². The predicted octanol–water partition coefficient (Wildman–Crippen LogP) is 5.21. The Morgan fingerprint density at radius 2 is 2.00 bits per heavy atom. The van der Waals surface area contributed by atoms with E-state index in [4.69, 9.17) is 11.6 Å². The van der Waals surface area contributed by atoms with Crippen LogP contribution in [-0.4, -0.2) is 0 Å². The normalized spacial score (nSPS) is 13.8. The van der Waals surface area contributed by atoms with Crippen LogP contribution in [0.5, 0.6) is 0 Å². The molecule has 0 aliphatic carbocycles. The lowest BCUT2D eigenvalue weighted by molar-refractivity contribution is 0.624. The van der Waals surface area contributed by atoms with E-state index in [0.717, 1.165) is 7.57 Å². The maximum atomic E-state index is 6.22. The molecule has 0 amide bonds. The van der Waals surface area contributed by atoms with Gasteiger partial charge in [-0.15, -0.1) is 22.9 Å². The standard InChI is InChI=1S/C8H9Br2ClS/c1-4(2)7(11)5-3-6(9)12-8(5)10/h3-4,7H,1-2H3. The van der Waals surface area contributed by atoms with Gasteiger partial charge in [0.15, 0.2) is 0 Å². The third-order valence-corrected chi connectivity index (χ3v) is 4.69. The maximum absolute atomic E-state index is 6.22. The summed E-state index contributed by atoms with van der Waals surface area (Å²) >= 11 is 14.8. The summed E-state index contributed by atoms with van der Waals surface area (Å²) in [7, 11) is 0. The van der Waals surface area contributed by atoms with E-state index in [9.17, 15) is 0 Å². The highest BCUT2D eigenvalue weighted by Gasteiger charge is 2.17. The van der Waals surface area contributed by atoms with E-state index in [2.05, 4.69) is 51.8 Å². The van der Waals surface area contributed by atoms with E-state index in [1.807, 2.05) is 0 Å². The summed E-state index contributed by atoms with van der Waals surface area (Å²) in [4.78, 5) is 0. The van der Waals surface area contributed by atoms with Crippen LogP contribution in [0.1, 0.15) is 24.8 Å². The zero-order chi connectivity index (χ0) is 9.30. The second kappa shape index (κ2) is 4.45. The number of halogens is 3. The molecule has 0 N–H and O–H groups in total. The van der Waals surface area contributed by atoms with E-state index in [1.165, 1.54) is 5.56 Å². The molecule has 4 heteroatoms. The van der Waals surface area contributed by atoms with Crippen molar-refractivity contribution in [1.82, 2.24) is 0 Å². The molecule has 1 aromatic heterocycles. The van der Waals surface area contributed by atoms with Gasteiger partial charge in [-0.05, 0) is 49.4 Å². The van der Waals surface area contributed by atoms with Crippen LogP contribution in [0.2, 0.25) is 0 Å². The van der Waals surface area contributed by atoms with Crippen LogP contribution in [0.4, 0.5) is 0 Å². The largest absolute Gasteiger partial charge is 0.121 e. The van der Waals surface area contributed by atoms with Crippen molar-refractivity contribution in [1.29, 1.82) is 0 Å². The van der Waals surface area contributed by atoms with Crippen molar-refractivity contribution < 1.29 is 0 Å². The lowest BCUT2D eigenvalue weighted by atomic mass is 10.1. The molecule has 0 fully saturated rings. The third kappa shape index (κ3) is 2.47. The van der Waals surface area contributed by atoms with Crippen LogP contribution in [0.15, 0.2) is 13.6 Å². The average Bonchev–Trinajstić information content (AvgIpc) is 2.28. The van der Waals surface area contributed by atoms with Crippen LogP contribution in [0.25, 0.3) is 0 Å². The number of hydrogen-bond acceptors (Lipinski definition) is 1. The minimum Gasteiger partial charge on any atom is -0.121 e. The quantitative estimate of drug-likeness (QED) is 0.652. The Hall–Kier alpha value is 0.950. The molecule has 1 unspecified atom stereocenters. The molecule has 0 aliphatic heterocycles. The Bertz CT molecular complexity index is 270. The van der Waals surface area contributed by atoms with Crippen molar-refractivity contribution >= 4 is 54.8 Å². The molecular formula is C8H9Br2ClS. The van der Waals surface area contributed by atoms with Crippen molar-refractivity contribution in [3.63, 3.8) is 0 Å². The van der Waals surface area contributed by atoms with Crippen molar-refractivity contribution in [3.05, 3.63) is 19.2 Å². The molecule has 68 valence electrons. The van der Waals surface area contributed by atoms with Crippen molar-refractivity contribution in [3.8, 4) is 0 Å². The number of thiophene rings is 1. The van der Waals surface area contributed by atoms with Crippen molar-refractivity contribution in [2.45, 2.75) is 19.2 Å². The van der Waals surface area contributed by atoms with Gasteiger partial charge in [0.25, 0.3) is 0 Å². The van der Waals surface area contributed by atoms with E-state index >= 15 is 0 Å². The Labute approximate surface area is 98.6 Å². The fraction of sp³-hybridized carbons (Fsp3) is 0.500. The summed E-state index contributed by atoms with van der Waals surface area (Å²) in [6, 6.07) is 2.08. The molecule has 0 nitrogen and oxygen atoms in total. The van der Waals surface area contributed by atoms with Gasteiger partial charge in [-0.1, -0.05) is 13.8 Å². The SMILES string of the molecule is CC(C)C(Cl)c1cc(Br)sc1Br. The Balaban J connectivity index is 2.94. The van der Waals surface area contributed by atoms with Gasteiger partial charge in [-0.3, -0.25) is 0 Å². The molecule has 0 aliphatic rings. The summed E-state index contributed by atoms with van der Waals surface area (Å²) in [5.74, 6) is 0.462.